The number of benzene rings is 2. The first-order valence-corrected chi connectivity index (χ1v) is 16.1. The van der Waals surface area contributed by atoms with E-state index in [4.69, 9.17) is 28.2 Å². The summed E-state index contributed by atoms with van der Waals surface area (Å²) in [5.74, 6) is -0.0470. The molecular formula is C34H34Cl2FN5O. The Morgan fingerprint density at radius 2 is 1.98 bits per heavy atom. The van der Waals surface area contributed by atoms with Crippen molar-refractivity contribution in [3.8, 4) is 17.2 Å². The Bertz CT molecular complexity index is 1820. The largest absolute Gasteiger partial charge is 0.338 e. The standard InChI is InChI=1S/C34H34Cl2FN5O/c1-18-8-11-27(41(18)34(43)20-9-10-20)28-16-24-19(2)40-32-25(33(24)42(28)22-12-14-39-17-22)15-21(5-4-13-38)29(31(32)37)23-6-3-7-26(35)30(23)36/h3,6-7,15-16,18,20,22,27,39H,4-5,8-12,14,17H2,1-2H3. The summed E-state index contributed by atoms with van der Waals surface area (Å²) in [6, 6.07) is 11.9. The highest BCUT2D eigenvalue weighted by atomic mass is 35.5. The Labute approximate surface area is 260 Å². The maximum Gasteiger partial charge on any atom is 0.226 e. The molecule has 4 heterocycles. The van der Waals surface area contributed by atoms with Crippen molar-refractivity contribution < 1.29 is 9.18 Å². The van der Waals surface area contributed by atoms with Crippen LogP contribution in [-0.2, 0) is 11.2 Å². The lowest BCUT2D eigenvalue weighted by molar-refractivity contribution is -0.135. The minimum Gasteiger partial charge on any atom is -0.338 e. The van der Waals surface area contributed by atoms with E-state index in [2.05, 4.69) is 33.8 Å². The van der Waals surface area contributed by atoms with E-state index in [0.29, 0.717) is 28.1 Å². The fourth-order valence-electron chi connectivity index (χ4n) is 7.38. The number of fused-ring (bicyclic) bond motifs is 3. The highest BCUT2D eigenvalue weighted by Crippen LogP contribution is 2.47. The Balaban J connectivity index is 1.52. The number of pyridine rings is 1. The van der Waals surface area contributed by atoms with E-state index in [9.17, 15) is 10.1 Å². The predicted octanol–water partition coefficient (Wildman–Crippen LogP) is 8.06. The maximum atomic E-state index is 16.9. The quantitative estimate of drug-likeness (QED) is 0.237. The minimum absolute atomic E-state index is 0.0296. The van der Waals surface area contributed by atoms with Gasteiger partial charge < -0.3 is 14.8 Å². The number of carbonyl (C=O) groups is 1. The lowest BCUT2D eigenvalue weighted by atomic mass is 9.93. The predicted molar refractivity (Wildman–Crippen MR) is 169 cm³/mol. The van der Waals surface area contributed by atoms with Crippen LogP contribution < -0.4 is 5.32 Å². The van der Waals surface area contributed by atoms with Gasteiger partial charge in [0.05, 0.1) is 27.7 Å². The van der Waals surface area contributed by atoms with Gasteiger partial charge in [0.15, 0.2) is 5.82 Å². The fourth-order valence-corrected chi connectivity index (χ4v) is 7.77. The molecule has 2 saturated heterocycles. The van der Waals surface area contributed by atoms with Crippen LogP contribution in [0.25, 0.3) is 32.9 Å². The summed E-state index contributed by atoms with van der Waals surface area (Å²) >= 11 is 13.0. The van der Waals surface area contributed by atoms with Crippen molar-refractivity contribution in [2.24, 2.45) is 5.92 Å². The smallest absolute Gasteiger partial charge is 0.226 e. The summed E-state index contributed by atoms with van der Waals surface area (Å²) < 4.78 is 19.3. The van der Waals surface area contributed by atoms with E-state index >= 15 is 4.39 Å². The van der Waals surface area contributed by atoms with E-state index in [0.717, 1.165) is 72.9 Å². The number of halogens is 3. The van der Waals surface area contributed by atoms with Gasteiger partial charge in [-0.15, -0.1) is 0 Å². The molecule has 1 saturated carbocycles. The van der Waals surface area contributed by atoms with Crippen LogP contribution in [0.4, 0.5) is 4.39 Å². The van der Waals surface area contributed by atoms with Crippen molar-refractivity contribution in [1.29, 1.82) is 5.26 Å². The maximum absolute atomic E-state index is 16.9. The second-order valence-electron chi connectivity index (χ2n) is 12.4. The first-order valence-electron chi connectivity index (χ1n) is 15.3. The minimum atomic E-state index is -0.460. The number of carbonyl (C=O) groups excluding carboxylic acids is 1. The number of aryl methyl sites for hydroxylation is 2. The second-order valence-corrected chi connectivity index (χ2v) is 13.2. The van der Waals surface area contributed by atoms with Crippen molar-refractivity contribution in [2.75, 3.05) is 13.1 Å². The monoisotopic (exact) mass is 617 g/mol. The molecule has 2 aromatic heterocycles. The third-order valence-corrected chi connectivity index (χ3v) is 10.4. The molecule has 1 N–H and O–H groups in total. The number of nitriles is 1. The average molecular weight is 619 g/mol. The molecule has 9 heteroatoms. The molecule has 3 aliphatic rings. The van der Waals surface area contributed by atoms with Gasteiger partial charge in [-0.2, -0.15) is 5.26 Å². The SMILES string of the molecule is Cc1nc2c(F)c(-c3cccc(Cl)c3Cl)c(CCC#N)cc2c2c1cc(C1CCC(C)N1C(=O)C1CC1)n2C1CCNC1. The van der Waals surface area contributed by atoms with E-state index < -0.39 is 5.82 Å². The van der Waals surface area contributed by atoms with Crippen LogP contribution in [0.2, 0.25) is 10.0 Å². The Morgan fingerprint density at radius 3 is 2.70 bits per heavy atom. The summed E-state index contributed by atoms with van der Waals surface area (Å²) in [6.07, 6.45) is 5.35. The zero-order valence-electron chi connectivity index (χ0n) is 24.4. The zero-order chi connectivity index (χ0) is 30.0. The van der Waals surface area contributed by atoms with Crippen LogP contribution in [0.5, 0.6) is 0 Å². The summed E-state index contributed by atoms with van der Waals surface area (Å²) in [5.41, 5.74) is 4.61. The van der Waals surface area contributed by atoms with Crippen LogP contribution >= 0.6 is 23.2 Å². The number of nitrogens with one attached hydrogen (secondary N) is 1. The molecule has 1 amide bonds. The molecule has 4 aromatic rings. The third-order valence-electron chi connectivity index (χ3n) is 9.63. The number of rotatable bonds is 6. The molecule has 0 radical (unpaired) electrons. The van der Waals surface area contributed by atoms with Gasteiger partial charge >= 0.3 is 0 Å². The van der Waals surface area contributed by atoms with Crippen molar-refractivity contribution in [2.45, 2.75) is 76.9 Å². The van der Waals surface area contributed by atoms with Crippen LogP contribution in [-0.4, -0.2) is 39.5 Å². The number of amides is 1. The van der Waals surface area contributed by atoms with Crippen molar-refractivity contribution in [1.82, 2.24) is 19.8 Å². The summed E-state index contributed by atoms with van der Waals surface area (Å²) in [4.78, 5) is 20.5. The molecule has 6 nitrogen and oxygen atoms in total. The fraction of sp³-hybridized carbons (Fsp3) is 0.441. The number of nitrogens with zero attached hydrogens (tertiary/aromatic N) is 4. The Kier molecular flexibility index (Phi) is 7.36. The number of likely N-dealkylation sites (tertiary alicyclic amines) is 1. The molecule has 222 valence electrons. The van der Waals surface area contributed by atoms with Gasteiger partial charge in [0.2, 0.25) is 5.91 Å². The van der Waals surface area contributed by atoms with Gasteiger partial charge in [0.25, 0.3) is 0 Å². The molecule has 2 aromatic carbocycles. The van der Waals surface area contributed by atoms with Crippen LogP contribution in [0.1, 0.15) is 74.5 Å². The molecule has 3 unspecified atom stereocenters. The first kappa shape index (κ1) is 28.6. The van der Waals surface area contributed by atoms with Gasteiger partial charge in [0, 0.05) is 64.3 Å². The van der Waals surface area contributed by atoms with Gasteiger partial charge in [-0.3, -0.25) is 4.79 Å². The van der Waals surface area contributed by atoms with E-state index in [1.807, 2.05) is 13.0 Å². The molecule has 0 spiro atoms. The molecule has 7 rings (SSSR count). The molecule has 43 heavy (non-hydrogen) atoms. The van der Waals surface area contributed by atoms with E-state index in [1.165, 1.54) is 0 Å². The Hall–Kier alpha value is -3.18. The normalized spacial score (nSPS) is 22.1. The highest BCUT2D eigenvalue weighted by molar-refractivity contribution is 6.43. The number of hydrogen-bond acceptors (Lipinski definition) is 4. The van der Waals surface area contributed by atoms with E-state index in [-0.39, 0.29) is 46.9 Å². The van der Waals surface area contributed by atoms with Crippen LogP contribution in [0, 0.1) is 30.0 Å². The van der Waals surface area contributed by atoms with Gasteiger partial charge in [-0.1, -0.05) is 35.3 Å². The van der Waals surface area contributed by atoms with Crippen LogP contribution in [0.15, 0.2) is 30.3 Å². The van der Waals surface area contributed by atoms with Gasteiger partial charge in [-0.25, -0.2) is 9.37 Å². The molecule has 1 aliphatic carbocycles. The highest BCUT2D eigenvalue weighted by Gasteiger charge is 2.43. The summed E-state index contributed by atoms with van der Waals surface area (Å²) in [5, 5.41) is 15.3. The van der Waals surface area contributed by atoms with E-state index in [1.54, 1.807) is 18.2 Å². The lowest BCUT2D eigenvalue weighted by Gasteiger charge is -2.31. The summed E-state index contributed by atoms with van der Waals surface area (Å²) in [7, 11) is 0. The molecule has 3 atom stereocenters. The Morgan fingerprint density at radius 1 is 1.16 bits per heavy atom. The topological polar surface area (TPSA) is 74.0 Å². The zero-order valence-corrected chi connectivity index (χ0v) is 25.9. The number of aromatic nitrogens is 2. The number of hydrogen-bond donors (Lipinski definition) is 1. The lowest BCUT2D eigenvalue weighted by Crippen LogP contribution is -2.37. The molecule has 0 bridgehead atoms. The third kappa shape index (κ3) is 4.70. The van der Waals surface area contributed by atoms with Crippen LogP contribution in [0.3, 0.4) is 0 Å². The molecule has 3 fully saturated rings. The van der Waals surface area contributed by atoms with Crippen molar-refractivity contribution >= 4 is 50.9 Å². The van der Waals surface area contributed by atoms with Crippen molar-refractivity contribution in [3.05, 3.63) is 63.1 Å². The van der Waals surface area contributed by atoms with Gasteiger partial charge in [-0.05, 0) is 82.7 Å². The first-order chi connectivity index (χ1) is 20.8. The second kappa shape index (κ2) is 11.1. The van der Waals surface area contributed by atoms with Gasteiger partial charge in [0.1, 0.15) is 5.52 Å². The average Bonchev–Trinajstić information content (AvgIpc) is 3.36. The molecule has 2 aliphatic heterocycles. The van der Waals surface area contributed by atoms with Crippen molar-refractivity contribution in [3.63, 3.8) is 0 Å². The molecular weight excluding hydrogens is 584 g/mol. The summed E-state index contributed by atoms with van der Waals surface area (Å²) in [6.45, 7) is 5.80.